The molecule has 0 atom stereocenters. The van der Waals surface area contributed by atoms with Gasteiger partial charge < -0.3 is 10.5 Å². The minimum atomic E-state index is -0.679. The van der Waals surface area contributed by atoms with Crippen LogP contribution in [0.4, 0.5) is 4.79 Å². The maximum atomic E-state index is 11.3. The molecule has 0 radical (unpaired) electrons. The van der Waals surface area contributed by atoms with E-state index in [2.05, 4.69) is 10.1 Å². The molecule has 20 heavy (non-hydrogen) atoms. The molecule has 2 heterocycles. The van der Waals surface area contributed by atoms with Gasteiger partial charge >= 0.3 is 6.03 Å². The summed E-state index contributed by atoms with van der Waals surface area (Å²) in [6.45, 7) is 3.65. The van der Waals surface area contributed by atoms with E-state index in [4.69, 9.17) is 33.7 Å². The summed E-state index contributed by atoms with van der Waals surface area (Å²) in [4.78, 5) is 15.3. The zero-order chi connectivity index (χ0) is 14.9. The Morgan fingerprint density at radius 2 is 2.15 bits per heavy atom. The quantitative estimate of drug-likeness (QED) is 0.943. The third kappa shape index (κ3) is 2.71. The SMILES string of the molecule is CCc1c(Oc2ncc(Cl)cc2Cl)nn(C(N)=O)c1C. The van der Waals surface area contributed by atoms with Crippen LogP contribution in [-0.2, 0) is 6.42 Å². The molecular formula is C12H12Cl2N4O2. The Hall–Kier alpha value is -1.79. The highest BCUT2D eigenvalue weighted by Crippen LogP contribution is 2.31. The van der Waals surface area contributed by atoms with Crippen molar-refractivity contribution in [3.8, 4) is 11.8 Å². The Balaban J connectivity index is 2.43. The molecule has 2 rings (SSSR count). The minimum Gasteiger partial charge on any atom is -0.417 e. The molecule has 0 aromatic carbocycles. The summed E-state index contributed by atoms with van der Waals surface area (Å²) >= 11 is 11.8. The fraction of sp³-hybridized carbons (Fsp3) is 0.250. The van der Waals surface area contributed by atoms with Crippen LogP contribution in [-0.4, -0.2) is 20.8 Å². The maximum Gasteiger partial charge on any atom is 0.339 e. The molecule has 0 saturated carbocycles. The molecule has 0 aliphatic rings. The monoisotopic (exact) mass is 314 g/mol. The number of ether oxygens (including phenoxy) is 1. The summed E-state index contributed by atoms with van der Waals surface area (Å²) in [5.41, 5.74) is 6.63. The number of hydrogen-bond acceptors (Lipinski definition) is 4. The van der Waals surface area contributed by atoms with E-state index in [0.29, 0.717) is 17.1 Å². The van der Waals surface area contributed by atoms with Crippen LogP contribution in [0.1, 0.15) is 18.2 Å². The van der Waals surface area contributed by atoms with E-state index in [1.165, 1.54) is 12.3 Å². The average Bonchev–Trinajstić information content (AvgIpc) is 2.69. The predicted molar refractivity (Wildman–Crippen MR) is 75.7 cm³/mol. The summed E-state index contributed by atoms with van der Waals surface area (Å²) in [5.74, 6) is 0.417. The summed E-state index contributed by atoms with van der Waals surface area (Å²) < 4.78 is 6.64. The van der Waals surface area contributed by atoms with Crippen molar-refractivity contribution in [2.45, 2.75) is 20.3 Å². The zero-order valence-corrected chi connectivity index (χ0v) is 12.4. The van der Waals surface area contributed by atoms with Crippen molar-refractivity contribution in [2.24, 2.45) is 5.73 Å². The predicted octanol–water partition coefficient (Wildman–Crippen LogP) is 3.17. The number of amides is 1. The van der Waals surface area contributed by atoms with E-state index in [9.17, 15) is 4.79 Å². The maximum absolute atomic E-state index is 11.3. The summed E-state index contributed by atoms with van der Waals surface area (Å²) in [6, 6.07) is 0.830. The van der Waals surface area contributed by atoms with Gasteiger partial charge in [0, 0.05) is 11.8 Å². The van der Waals surface area contributed by atoms with Crippen molar-refractivity contribution < 1.29 is 9.53 Å². The van der Waals surface area contributed by atoms with Gasteiger partial charge in [0.15, 0.2) is 0 Å². The van der Waals surface area contributed by atoms with Gasteiger partial charge in [-0.2, -0.15) is 4.68 Å². The van der Waals surface area contributed by atoms with Crippen LogP contribution in [0, 0.1) is 6.92 Å². The molecular weight excluding hydrogens is 303 g/mol. The van der Waals surface area contributed by atoms with Gasteiger partial charge in [0.25, 0.3) is 0 Å². The first-order chi connectivity index (χ1) is 9.43. The number of primary amides is 1. The molecule has 8 heteroatoms. The first kappa shape index (κ1) is 14.6. The molecule has 0 fully saturated rings. The van der Waals surface area contributed by atoms with Crippen LogP contribution in [0.25, 0.3) is 0 Å². The van der Waals surface area contributed by atoms with Gasteiger partial charge in [-0.25, -0.2) is 9.78 Å². The number of halogens is 2. The molecule has 0 aliphatic carbocycles. The average molecular weight is 315 g/mol. The summed E-state index contributed by atoms with van der Waals surface area (Å²) in [5, 5.41) is 4.68. The van der Waals surface area contributed by atoms with Crippen molar-refractivity contribution >= 4 is 29.2 Å². The van der Waals surface area contributed by atoms with Gasteiger partial charge in [0.1, 0.15) is 5.02 Å². The Bertz CT molecular complexity index is 670. The number of pyridine rings is 1. The van der Waals surface area contributed by atoms with Crippen LogP contribution in [0.5, 0.6) is 11.8 Å². The normalized spacial score (nSPS) is 10.6. The number of rotatable bonds is 3. The molecule has 106 valence electrons. The second kappa shape index (κ2) is 5.68. The van der Waals surface area contributed by atoms with Crippen LogP contribution >= 0.6 is 23.2 Å². The lowest BCUT2D eigenvalue weighted by atomic mass is 10.2. The van der Waals surface area contributed by atoms with E-state index >= 15 is 0 Å². The van der Waals surface area contributed by atoms with Gasteiger partial charge in [0.2, 0.25) is 11.8 Å². The van der Waals surface area contributed by atoms with Gasteiger partial charge in [-0.15, -0.1) is 5.10 Å². The molecule has 0 unspecified atom stereocenters. The van der Waals surface area contributed by atoms with Gasteiger partial charge in [0.05, 0.1) is 10.7 Å². The molecule has 0 bridgehead atoms. The number of nitrogens with zero attached hydrogens (tertiary/aromatic N) is 3. The van der Waals surface area contributed by atoms with Crippen LogP contribution < -0.4 is 10.5 Å². The third-order valence-electron chi connectivity index (χ3n) is 2.73. The molecule has 1 amide bonds. The first-order valence-corrected chi connectivity index (χ1v) is 6.56. The Kier molecular flexibility index (Phi) is 4.15. The van der Waals surface area contributed by atoms with Gasteiger partial charge in [-0.3, -0.25) is 0 Å². The lowest BCUT2D eigenvalue weighted by Crippen LogP contribution is -2.22. The van der Waals surface area contributed by atoms with E-state index in [-0.39, 0.29) is 16.8 Å². The van der Waals surface area contributed by atoms with Crippen molar-refractivity contribution in [3.05, 3.63) is 33.6 Å². The molecule has 2 aromatic rings. The molecule has 2 N–H and O–H groups in total. The van der Waals surface area contributed by atoms with Crippen molar-refractivity contribution in [3.63, 3.8) is 0 Å². The lowest BCUT2D eigenvalue weighted by Gasteiger charge is -2.05. The van der Waals surface area contributed by atoms with Crippen LogP contribution in [0.2, 0.25) is 10.0 Å². The standard InChI is InChI=1S/C12H12Cl2N4O2/c1-3-8-6(2)18(12(15)19)17-10(8)20-11-9(14)4-7(13)5-16-11/h4-5H,3H2,1-2H3,(H2,15,19). The molecule has 0 aliphatic heterocycles. The second-order valence-electron chi connectivity index (χ2n) is 4.02. The number of carbonyl (C=O) groups excluding carboxylic acids is 1. The molecule has 6 nitrogen and oxygen atoms in total. The van der Waals surface area contributed by atoms with E-state index < -0.39 is 6.03 Å². The molecule has 2 aromatic heterocycles. The second-order valence-corrected chi connectivity index (χ2v) is 4.86. The fourth-order valence-electron chi connectivity index (χ4n) is 1.78. The zero-order valence-electron chi connectivity index (χ0n) is 10.9. The Morgan fingerprint density at radius 3 is 2.70 bits per heavy atom. The van der Waals surface area contributed by atoms with Crippen LogP contribution in [0.3, 0.4) is 0 Å². The number of hydrogen-bond donors (Lipinski definition) is 1. The largest absolute Gasteiger partial charge is 0.417 e. The Labute approximate surface area is 125 Å². The van der Waals surface area contributed by atoms with E-state index in [0.717, 1.165) is 10.2 Å². The summed E-state index contributed by atoms with van der Waals surface area (Å²) in [7, 11) is 0. The number of aromatic nitrogens is 3. The highest BCUT2D eigenvalue weighted by Gasteiger charge is 2.19. The van der Waals surface area contributed by atoms with Crippen molar-refractivity contribution in [1.82, 2.24) is 14.8 Å². The highest BCUT2D eigenvalue weighted by atomic mass is 35.5. The van der Waals surface area contributed by atoms with Crippen molar-refractivity contribution in [1.29, 1.82) is 0 Å². The smallest absolute Gasteiger partial charge is 0.339 e. The van der Waals surface area contributed by atoms with Gasteiger partial charge in [-0.05, 0) is 19.4 Å². The fourth-order valence-corrected chi connectivity index (χ4v) is 2.20. The number of carbonyl (C=O) groups is 1. The third-order valence-corrected chi connectivity index (χ3v) is 3.21. The minimum absolute atomic E-state index is 0.167. The van der Waals surface area contributed by atoms with Crippen molar-refractivity contribution in [2.75, 3.05) is 0 Å². The first-order valence-electron chi connectivity index (χ1n) is 5.81. The summed E-state index contributed by atoms with van der Waals surface area (Å²) in [6.07, 6.45) is 2.03. The lowest BCUT2D eigenvalue weighted by molar-refractivity contribution is 0.246. The van der Waals surface area contributed by atoms with Crippen LogP contribution in [0.15, 0.2) is 12.3 Å². The highest BCUT2D eigenvalue weighted by molar-refractivity contribution is 6.35. The molecule has 0 spiro atoms. The number of nitrogens with two attached hydrogens (primary N) is 1. The van der Waals surface area contributed by atoms with E-state index in [1.807, 2.05) is 6.92 Å². The van der Waals surface area contributed by atoms with E-state index in [1.54, 1.807) is 6.92 Å². The Morgan fingerprint density at radius 1 is 1.45 bits per heavy atom. The topological polar surface area (TPSA) is 83.0 Å². The molecule has 0 saturated heterocycles. The van der Waals surface area contributed by atoms with Gasteiger partial charge in [-0.1, -0.05) is 30.1 Å².